The van der Waals surface area contributed by atoms with Crippen LogP contribution in [0.15, 0.2) is 75.6 Å². The summed E-state index contributed by atoms with van der Waals surface area (Å²) in [6, 6.07) is 17.7. The van der Waals surface area contributed by atoms with Crippen LogP contribution in [0.1, 0.15) is 17.9 Å². The molecule has 33 heavy (non-hydrogen) atoms. The molecule has 1 N–H and O–H groups in total. The van der Waals surface area contributed by atoms with Crippen LogP contribution in [0.3, 0.4) is 0 Å². The van der Waals surface area contributed by atoms with Gasteiger partial charge in [0.15, 0.2) is 0 Å². The molecule has 1 amide bonds. The number of hydrogen-bond donors (Lipinski definition) is 1. The van der Waals surface area contributed by atoms with Gasteiger partial charge in [-0.25, -0.2) is 0 Å². The number of carbonyl (C=O) groups is 1. The van der Waals surface area contributed by atoms with Crippen molar-refractivity contribution in [1.82, 2.24) is 10.2 Å². The number of hydrogen-bond acceptors (Lipinski definition) is 5. The van der Waals surface area contributed by atoms with Gasteiger partial charge in [-0.2, -0.15) is 13.2 Å². The number of furan rings is 1. The minimum absolute atomic E-state index is 0.0335. The number of nitrogens with one attached hydrogen (secondary N) is 1. The van der Waals surface area contributed by atoms with Gasteiger partial charge in [0.2, 0.25) is 17.7 Å². The van der Waals surface area contributed by atoms with Crippen LogP contribution in [0.25, 0.3) is 33.4 Å². The molecule has 0 aliphatic carbocycles. The molecule has 2 aromatic heterocycles. The van der Waals surface area contributed by atoms with E-state index in [4.69, 9.17) is 8.83 Å². The third-order valence-electron chi connectivity index (χ3n) is 5.13. The standard InChI is InChI=1S/C24H16F3N3O3/c25-24(26,27)15-5-3-4-14(12-15)23-30-29-22(33-23)11-10-21(31)28-16-8-9-20-18(13-16)17-6-1-2-7-19(17)32-20/h1-9,12-13H,10-11H2,(H,28,31). The van der Waals surface area contributed by atoms with Crippen molar-refractivity contribution in [3.63, 3.8) is 0 Å². The number of benzene rings is 3. The normalized spacial score (nSPS) is 11.8. The molecule has 2 heterocycles. The average molecular weight is 451 g/mol. The summed E-state index contributed by atoms with van der Waals surface area (Å²) in [5.74, 6) is -0.136. The number of halogens is 3. The number of rotatable bonds is 5. The lowest BCUT2D eigenvalue weighted by atomic mass is 10.1. The van der Waals surface area contributed by atoms with Crippen molar-refractivity contribution >= 4 is 33.5 Å². The van der Waals surface area contributed by atoms with E-state index in [0.717, 1.165) is 34.1 Å². The quantitative estimate of drug-likeness (QED) is 0.343. The summed E-state index contributed by atoms with van der Waals surface area (Å²) in [6.07, 6.45) is -4.26. The van der Waals surface area contributed by atoms with Crippen molar-refractivity contribution in [3.8, 4) is 11.5 Å². The Morgan fingerprint density at radius 1 is 0.879 bits per heavy atom. The van der Waals surface area contributed by atoms with Crippen LogP contribution >= 0.6 is 0 Å². The molecule has 166 valence electrons. The largest absolute Gasteiger partial charge is 0.456 e. The molecular weight excluding hydrogens is 435 g/mol. The number of amides is 1. The van der Waals surface area contributed by atoms with Crippen molar-refractivity contribution < 1.29 is 26.8 Å². The van der Waals surface area contributed by atoms with Crippen molar-refractivity contribution in [3.05, 3.63) is 78.2 Å². The number of anilines is 1. The first-order chi connectivity index (χ1) is 15.9. The number of para-hydroxylation sites is 1. The van der Waals surface area contributed by atoms with E-state index in [1.807, 2.05) is 30.3 Å². The Bertz CT molecular complexity index is 1470. The van der Waals surface area contributed by atoms with E-state index in [1.54, 1.807) is 12.1 Å². The van der Waals surface area contributed by atoms with E-state index in [2.05, 4.69) is 15.5 Å². The molecule has 0 saturated carbocycles. The van der Waals surface area contributed by atoms with Gasteiger partial charge in [0.25, 0.3) is 0 Å². The number of aryl methyl sites for hydroxylation is 1. The van der Waals surface area contributed by atoms with Gasteiger partial charge in [-0.05, 0) is 42.5 Å². The lowest BCUT2D eigenvalue weighted by molar-refractivity contribution is -0.137. The summed E-state index contributed by atoms with van der Waals surface area (Å²) in [6.45, 7) is 0. The molecule has 5 aromatic rings. The highest BCUT2D eigenvalue weighted by Crippen LogP contribution is 2.32. The van der Waals surface area contributed by atoms with E-state index < -0.39 is 11.7 Å². The van der Waals surface area contributed by atoms with E-state index in [-0.39, 0.29) is 36.1 Å². The van der Waals surface area contributed by atoms with Gasteiger partial charge < -0.3 is 14.2 Å². The van der Waals surface area contributed by atoms with Crippen LogP contribution in [-0.2, 0) is 17.4 Å². The second-order valence-electron chi connectivity index (χ2n) is 7.44. The zero-order valence-electron chi connectivity index (χ0n) is 17.0. The fourth-order valence-corrected chi connectivity index (χ4v) is 3.55. The average Bonchev–Trinajstić information content (AvgIpc) is 3.42. The lowest BCUT2D eigenvalue weighted by Gasteiger charge is -2.06. The molecule has 3 aromatic carbocycles. The molecule has 5 rings (SSSR count). The van der Waals surface area contributed by atoms with E-state index in [9.17, 15) is 18.0 Å². The summed E-state index contributed by atoms with van der Waals surface area (Å²) in [5.41, 5.74) is 1.47. The molecule has 0 bridgehead atoms. The number of aromatic nitrogens is 2. The highest BCUT2D eigenvalue weighted by Gasteiger charge is 2.30. The van der Waals surface area contributed by atoms with E-state index in [0.29, 0.717) is 5.69 Å². The second-order valence-corrected chi connectivity index (χ2v) is 7.44. The minimum atomic E-state index is -4.47. The number of carbonyl (C=O) groups excluding carboxylic acids is 1. The Morgan fingerprint density at radius 3 is 2.55 bits per heavy atom. The van der Waals surface area contributed by atoms with Crippen LogP contribution < -0.4 is 5.32 Å². The Kier molecular flexibility index (Phi) is 5.08. The number of alkyl halides is 3. The van der Waals surface area contributed by atoms with Crippen LogP contribution in [0.4, 0.5) is 18.9 Å². The first-order valence-electron chi connectivity index (χ1n) is 10.1. The van der Waals surface area contributed by atoms with Gasteiger partial charge in [-0.15, -0.1) is 10.2 Å². The maximum atomic E-state index is 12.9. The number of nitrogens with zero attached hydrogens (tertiary/aromatic N) is 2. The molecule has 0 aliphatic rings. The van der Waals surface area contributed by atoms with Crippen molar-refractivity contribution in [1.29, 1.82) is 0 Å². The van der Waals surface area contributed by atoms with Gasteiger partial charge in [-0.3, -0.25) is 4.79 Å². The summed E-state index contributed by atoms with van der Waals surface area (Å²) in [7, 11) is 0. The first-order valence-corrected chi connectivity index (χ1v) is 10.1. The highest BCUT2D eigenvalue weighted by molar-refractivity contribution is 6.06. The lowest BCUT2D eigenvalue weighted by Crippen LogP contribution is -2.12. The zero-order valence-corrected chi connectivity index (χ0v) is 17.0. The van der Waals surface area contributed by atoms with Gasteiger partial charge in [-0.1, -0.05) is 24.3 Å². The molecule has 0 saturated heterocycles. The molecule has 0 atom stereocenters. The minimum Gasteiger partial charge on any atom is -0.456 e. The van der Waals surface area contributed by atoms with Crippen molar-refractivity contribution in [2.24, 2.45) is 0 Å². The predicted octanol–water partition coefficient (Wildman–Crippen LogP) is 6.23. The van der Waals surface area contributed by atoms with Gasteiger partial charge >= 0.3 is 6.18 Å². The van der Waals surface area contributed by atoms with Crippen LogP contribution in [0.2, 0.25) is 0 Å². The van der Waals surface area contributed by atoms with Crippen molar-refractivity contribution in [2.45, 2.75) is 19.0 Å². The maximum Gasteiger partial charge on any atom is 0.416 e. The first kappa shape index (κ1) is 20.7. The number of fused-ring (bicyclic) bond motifs is 3. The molecular formula is C24H16F3N3O3. The van der Waals surface area contributed by atoms with Crippen LogP contribution in [0, 0.1) is 0 Å². The Labute approximate surface area is 185 Å². The van der Waals surface area contributed by atoms with E-state index >= 15 is 0 Å². The highest BCUT2D eigenvalue weighted by atomic mass is 19.4. The van der Waals surface area contributed by atoms with Gasteiger partial charge in [0, 0.05) is 34.9 Å². The van der Waals surface area contributed by atoms with Gasteiger partial charge in [0.05, 0.1) is 5.56 Å². The summed E-state index contributed by atoms with van der Waals surface area (Å²) in [5, 5.41) is 12.3. The maximum absolute atomic E-state index is 12.9. The van der Waals surface area contributed by atoms with E-state index in [1.165, 1.54) is 12.1 Å². The topological polar surface area (TPSA) is 81.2 Å². The van der Waals surface area contributed by atoms with Crippen LogP contribution in [0.5, 0.6) is 0 Å². The third kappa shape index (κ3) is 4.30. The molecule has 0 fully saturated rings. The molecule has 0 radical (unpaired) electrons. The monoisotopic (exact) mass is 451 g/mol. The Hall–Kier alpha value is -4.14. The predicted molar refractivity (Wildman–Crippen MR) is 115 cm³/mol. The summed E-state index contributed by atoms with van der Waals surface area (Å²) >= 11 is 0. The van der Waals surface area contributed by atoms with Crippen LogP contribution in [-0.4, -0.2) is 16.1 Å². The molecule has 0 spiro atoms. The summed E-state index contributed by atoms with van der Waals surface area (Å²) < 4.78 is 49.9. The molecule has 9 heteroatoms. The molecule has 0 unspecified atom stereocenters. The second kappa shape index (κ2) is 8.09. The van der Waals surface area contributed by atoms with Crippen molar-refractivity contribution in [2.75, 3.05) is 5.32 Å². The smallest absolute Gasteiger partial charge is 0.416 e. The fourth-order valence-electron chi connectivity index (χ4n) is 3.55. The third-order valence-corrected chi connectivity index (χ3v) is 5.13. The molecule has 0 aliphatic heterocycles. The van der Waals surface area contributed by atoms with Gasteiger partial charge in [0.1, 0.15) is 11.2 Å². The Morgan fingerprint density at radius 2 is 1.70 bits per heavy atom. The molecule has 6 nitrogen and oxygen atoms in total. The SMILES string of the molecule is O=C(CCc1nnc(-c2cccc(C(F)(F)F)c2)o1)Nc1ccc2oc3ccccc3c2c1. The summed E-state index contributed by atoms with van der Waals surface area (Å²) in [4.78, 5) is 12.4. The zero-order chi connectivity index (χ0) is 23.0. The fraction of sp³-hybridized carbons (Fsp3) is 0.125. The Balaban J connectivity index is 1.25.